The summed E-state index contributed by atoms with van der Waals surface area (Å²) in [5.41, 5.74) is 2.69. The van der Waals surface area contributed by atoms with Gasteiger partial charge in [0.1, 0.15) is 5.75 Å². The summed E-state index contributed by atoms with van der Waals surface area (Å²) in [6.07, 6.45) is 0.696. The average molecular weight is 468 g/mol. The number of pyridine rings is 1. The van der Waals surface area contributed by atoms with Crippen LogP contribution >= 0.6 is 15.9 Å². The van der Waals surface area contributed by atoms with Gasteiger partial charge in [0.25, 0.3) is 0 Å². The number of hydrogen-bond donors (Lipinski definition) is 0. The molecular weight excluding hydrogens is 443 g/mol. The first-order valence-corrected chi connectivity index (χ1v) is 11.1. The van der Waals surface area contributed by atoms with E-state index in [9.17, 15) is 21.6 Å². The van der Waals surface area contributed by atoms with Crippen molar-refractivity contribution in [3.05, 3.63) is 64.4 Å². The first kappa shape index (κ1) is 25.6. The highest BCUT2D eigenvalue weighted by molar-refractivity contribution is 9.10. The van der Waals surface area contributed by atoms with Crippen LogP contribution in [0.5, 0.6) is 0 Å². The fraction of sp³-hybridized carbons (Fsp3) is 0.421. The maximum atomic E-state index is 11.2. The quantitative estimate of drug-likeness (QED) is 0.571. The number of benzene rings is 1. The molecule has 1 aromatic carbocycles. The molecule has 0 atom stereocenters. The van der Waals surface area contributed by atoms with Gasteiger partial charge < -0.3 is 0 Å². The highest BCUT2D eigenvalue weighted by Crippen LogP contribution is 2.17. The van der Waals surface area contributed by atoms with Crippen LogP contribution in [0.3, 0.4) is 0 Å². The molecule has 0 N–H and O–H groups in total. The molecule has 2 aromatic rings. The van der Waals surface area contributed by atoms with E-state index in [0.29, 0.717) is 12.2 Å². The Hall–Kier alpha value is -1.41. The van der Waals surface area contributed by atoms with Gasteiger partial charge in [-0.25, -0.2) is 8.42 Å². The number of aryl methyl sites for hydroxylation is 1. The molecule has 1 heterocycles. The summed E-state index contributed by atoms with van der Waals surface area (Å²) in [4.78, 5) is 3.96. The molecule has 0 bridgehead atoms. The Balaban J connectivity index is 0.000000378. The Kier molecular flexibility index (Phi) is 11.5. The summed E-state index contributed by atoms with van der Waals surface area (Å²) >= 11 is 3.39. The van der Waals surface area contributed by atoms with Gasteiger partial charge in [-0.15, -0.1) is 0 Å². The highest BCUT2D eigenvalue weighted by Gasteiger charge is 2.32. The zero-order valence-electron chi connectivity index (χ0n) is 15.8. The van der Waals surface area contributed by atoms with Crippen molar-refractivity contribution in [2.45, 2.75) is 39.3 Å². The number of hydrogen-bond acceptors (Lipinski definition) is 3. The van der Waals surface area contributed by atoms with Gasteiger partial charge in [-0.2, -0.15) is 13.2 Å². The Labute approximate surface area is 168 Å². The van der Waals surface area contributed by atoms with Gasteiger partial charge >= 0.3 is 6.18 Å². The molecule has 0 amide bonds. The Morgan fingerprint density at radius 1 is 1.11 bits per heavy atom. The molecule has 0 unspecified atom stereocenters. The maximum absolute atomic E-state index is 11.2. The third kappa shape index (κ3) is 15.4. The van der Waals surface area contributed by atoms with E-state index in [0.717, 1.165) is 10.9 Å². The molecule has 0 fully saturated rings. The Morgan fingerprint density at radius 2 is 1.67 bits per heavy atom. The molecule has 2 rings (SSSR count). The standard InChI is InChI=1S/C9H11Br.C7H9N.C3H5F3O2S/c1-7(2)8-3-5-9(10)6-4-8;1-2-7-4-3-5-8-6-7;1-9(7,8)2-3(4,5)6/h3-7H,1-2H3;3-6H,2H2,1H3;2H2,1H3. The van der Waals surface area contributed by atoms with Crippen LogP contribution in [0.4, 0.5) is 13.2 Å². The maximum Gasteiger partial charge on any atom is 0.402 e. The minimum Gasteiger partial charge on any atom is -0.264 e. The number of sulfone groups is 1. The van der Waals surface area contributed by atoms with Crippen LogP contribution in [-0.2, 0) is 16.3 Å². The second-order valence-corrected chi connectivity index (χ2v) is 9.16. The predicted molar refractivity (Wildman–Crippen MR) is 108 cm³/mol. The van der Waals surface area contributed by atoms with Crippen LogP contribution in [-0.4, -0.2) is 31.6 Å². The molecule has 0 aliphatic heterocycles. The number of halogens is 4. The van der Waals surface area contributed by atoms with Gasteiger partial charge in [0.05, 0.1) is 0 Å². The van der Waals surface area contributed by atoms with Gasteiger partial charge in [-0.3, -0.25) is 4.98 Å². The van der Waals surface area contributed by atoms with Crippen molar-refractivity contribution < 1.29 is 21.6 Å². The van der Waals surface area contributed by atoms with Crippen molar-refractivity contribution >= 4 is 25.8 Å². The SMILES string of the molecule is CC(C)c1ccc(Br)cc1.CCc1cccnc1.CS(=O)(=O)CC(F)(F)F. The van der Waals surface area contributed by atoms with E-state index in [2.05, 4.69) is 72.0 Å². The van der Waals surface area contributed by atoms with E-state index in [4.69, 9.17) is 0 Å². The van der Waals surface area contributed by atoms with Gasteiger partial charge in [-0.05, 0) is 41.7 Å². The third-order valence-electron chi connectivity index (χ3n) is 3.09. The third-order valence-corrected chi connectivity index (χ3v) is 4.47. The summed E-state index contributed by atoms with van der Waals surface area (Å²) in [5.74, 6) is -1.10. The number of aromatic nitrogens is 1. The lowest BCUT2D eigenvalue weighted by Crippen LogP contribution is -2.21. The van der Waals surface area contributed by atoms with Gasteiger partial charge in [0.15, 0.2) is 9.84 Å². The molecular formula is C19H25BrF3NO2S. The molecule has 152 valence electrons. The summed E-state index contributed by atoms with van der Waals surface area (Å²) in [6, 6.07) is 12.5. The van der Waals surface area contributed by atoms with Crippen molar-refractivity contribution in [3.63, 3.8) is 0 Å². The summed E-state index contributed by atoms with van der Waals surface area (Å²) < 4.78 is 54.5. The van der Waals surface area contributed by atoms with E-state index >= 15 is 0 Å². The molecule has 0 aliphatic rings. The molecule has 0 radical (unpaired) electrons. The van der Waals surface area contributed by atoms with Crippen molar-refractivity contribution in [2.24, 2.45) is 0 Å². The van der Waals surface area contributed by atoms with Crippen LogP contribution in [0.15, 0.2) is 53.3 Å². The summed E-state index contributed by atoms with van der Waals surface area (Å²) in [6.45, 7) is 6.52. The molecule has 0 aliphatic carbocycles. The van der Waals surface area contributed by atoms with E-state index in [1.807, 2.05) is 12.3 Å². The van der Waals surface area contributed by atoms with E-state index in [-0.39, 0.29) is 0 Å². The van der Waals surface area contributed by atoms with Crippen molar-refractivity contribution in [1.29, 1.82) is 0 Å². The monoisotopic (exact) mass is 467 g/mol. The number of alkyl halides is 3. The van der Waals surface area contributed by atoms with E-state index in [1.54, 1.807) is 6.20 Å². The zero-order valence-corrected chi connectivity index (χ0v) is 18.2. The highest BCUT2D eigenvalue weighted by atomic mass is 79.9. The Bertz CT molecular complexity index is 747. The predicted octanol–water partition coefficient (Wildman–Crippen LogP) is 5.81. The number of nitrogens with zero attached hydrogens (tertiary/aromatic N) is 1. The lowest BCUT2D eigenvalue weighted by Gasteiger charge is -2.03. The Morgan fingerprint density at radius 3 is 1.93 bits per heavy atom. The van der Waals surface area contributed by atoms with Gasteiger partial charge in [0.2, 0.25) is 0 Å². The number of rotatable bonds is 3. The van der Waals surface area contributed by atoms with Crippen LogP contribution in [0.2, 0.25) is 0 Å². The van der Waals surface area contributed by atoms with Gasteiger partial charge in [-0.1, -0.05) is 54.9 Å². The zero-order chi connectivity index (χ0) is 21.1. The molecule has 8 heteroatoms. The topological polar surface area (TPSA) is 47.0 Å². The second kappa shape index (κ2) is 12.1. The van der Waals surface area contributed by atoms with Crippen molar-refractivity contribution in [1.82, 2.24) is 4.98 Å². The normalized spacial score (nSPS) is 11.1. The largest absolute Gasteiger partial charge is 0.402 e. The van der Waals surface area contributed by atoms with Crippen LogP contribution in [0.1, 0.15) is 37.8 Å². The lowest BCUT2D eigenvalue weighted by molar-refractivity contribution is -0.106. The minimum atomic E-state index is -4.60. The molecule has 1 aromatic heterocycles. The molecule has 0 saturated carbocycles. The molecule has 0 saturated heterocycles. The van der Waals surface area contributed by atoms with Gasteiger partial charge in [0, 0.05) is 23.1 Å². The molecule has 3 nitrogen and oxygen atoms in total. The average Bonchev–Trinajstić information content (AvgIpc) is 2.54. The smallest absolute Gasteiger partial charge is 0.264 e. The van der Waals surface area contributed by atoms with Crippen LogP contribution < -0.4 is 0 Å². The molecule has 27 heavy (non-hydrogen) atoms. The summed E-state index contributed by atoms with van der Waals surface area (Å²) in [7, 11) is -3.91. The van der Waals surface area contributed by atoms with Crippen LogP contribution in [0.25, 0.3) is 0 Å². The summed E-state index contributed by atoms with van der Waals surface area (Å²) in [5, 5.41) is 0. The first-order valence-electron chi connectivity index (χ1n) is 8.23. The van der Waals surface area contributed by atoms with Crippen molar-refractivity contribution in [2.75, 3.05) is 12.0 Å². The fourth-order valence-corrected chi connectivity index (χ4v) is 2.61. The van der Waals surface area contributed by atoms with Crippen molar-refractivity contribution in [3.8, 4) is 0 Å². The fourth-order valence-electron chi connectivity index (χ4n) is 1.75. The lowest BCUT2D eigenvalue weighted by atomic mass is 10.0. The molecule has 0 spiro atoms. The van der Waals surface area contributed by atoms with E-state index < -0.39 is 21.8 Å². The second-order valence-electron chi connectivity index (χ2n) is 6.11. The first-order chi connectivity index (χ1) is 12.3. The minimum absolute atomic E-state index is 0.542. The van der Waals surface area contributed by atoms with Crippen LogP contribution in [0, 0.1) is 0 Å². The van der Waals surface area contributed by atoms with E-state index in [1.165, 1.54) is 11.1 Å².